The maximum absolute atomic E-state index is 13.3. The first kappa shape index (κ1) is 42.3. The number of sulfone groups is 2. The van der Waals surface area contributed by atoms with Crippen LogP contribution >= 0.6 is 0 Å². The molecule has 2 aliphatic heterocycles. The van der Waals surface area contributed by atoms with Gasteiger partial charge in [-0.1, -0.05) is 60.7 Å². The summed E-state index contributed by atoms with van der Waals surface area (Å²) < 4.78 is 52.6. The van der Waals surface area contributed by atoms with Gasteiger partial charge in [-0.3, -0.25) is 4.79 Å². The Morgan fingerprint density at radius 3 is 1.43 bits per heavy atom. The first-order valence-corrected chi connectivity index (χ1v) is 22.7. The van der Waals surface area contributed by atoms with Crippen LogP contribution in [-0.2, 0) is 24.4 Å². The number of nitrogens with zero attached hydrogens (tertiary/aromatic N) is 3. The molecule has 4 aromatic carbocycles. The Hall–Kier alpha value is -5.32. The zero-order valence-electron chi connectivity index (χ0n) is 33.4. The second-order valence-corrected chi connectivity index (χ2v) is 18.6. The fraction of sp³-hybridized carbons (Fsp3) is 0.302. The van der Waals surface area contributed by atoms with Crippen molar-refractivity contribution in [3.05, 3.63) is 108 Å². The number of carbonyl (C=O) groups excluding carboxylic acids is 2. The largest absolute Gasteiger partial charge is 0.464 e. The molecule has 2 aromatic heterocycles. The highest BCUT2D eigenvalue weighted by atomic mass is 32.2. The quantitative estimate of drug-likeness (QED) is 0.191. The molecule has 0 aliphatic carbocycles. The fourth-order valence-electron chi connectivity index (χ4n) is 6.97. The number of ether oxygens (including phenoxy) is 1. The lowest BCUT2D eigenvalue weighted by molar-refractivity contribution is 0.0595. The number of aromatic nitrogens is 2. The third kappa shape index (κ3) is 9.85. The van der Waals surface area contributed by atoms with E-state index in [1.807, 2.05) is 72.6 Å². The molecule has 0 unspecified atom stereocenters. The van der Waals surface area contributed by atoms with E-state index in [0.717, 1.165) is 60.0 Å². The lowest BCUT2D eigenvalue weighted by Gasteiger charge is -2.32. The number of methoxy groups -OCH3 is 1. The van der Waals surface area contributed by atoms with E-state index in [0.29, 0.717) is 40.9 Å². The van der Waals surface area contributed by atoms with Gasteiger partial charge in [0.25, 0.3) is 5.91 Å². The van der Waals surface area contributed by atoms with E-state index in [1.165, 1.54) is 32.5 Å². The third-order valence-electron chi connectivity index (χ3n) is 10.3. The average Bonchev–Trinajstić information content (AvgIpc) is 3.80. The number of H-pyrrole nitrogens is 2. The zero-order valence-corrected chi connectivity index (χ0v) is 35.0. The van der Waals surface area contributed by atoms with Gasteiger partial charge in [-0.15, -0.1) is 0 Å². The van der Waals surface area contributed by atoms with E-state index in [4.69, 9.17) is 4.74 Å². The van der Waals surface area contributed by atoms with Crippen molar-refractivity contribution >= 4 is 53.4 Å². The minimum atomic E-state index is -3.35. The van der Waals surface area contributed by atoms with E-state index in [9.17, 15) is 26.4 Å². The third-order valence-corrected chi connectivity index (χ3v) is 12.5. The average molecular weight is 827 g/mol. The number of likely N-dealkylation sites (N-methyl/N-ethyl adjacent to an activating group) is 2. The smallest absolute Gasteiger partial charge is 0.355 e. The Morgan fingerprint density at radius 2 is 1.02 bits per heavy atom. The number of rotatable bonds is 6. The van der Waals surface area contributed by atoms with E-state index in [-0.39, 0.29) is 15.7 Å². The molecular formula is C43H50N6O7S2. The molecule has 15 heteroatoms. The molecule has 0 spiro atoms. The zero-order chi connectivity index (χ0) is 41.6. The molecule has 0 bridgehead atoms. The predicted molar refractivity (Wildman–Crippen MR) is 229 cm³/mol. The Kier molecular flexibility index (Phi) is 13.2. The van der Waals surface area contributed by atoms with Gasteiger partial charge in [0.05, 0.1) is 16.9 Å². The van der Waals surface area contributed by atoms with Gasteiger partial charge < -0.3 is 34.7 Å². The van der Waals surface area contributed by atoms with Crippen LogP contribution in [0.3, 0.4) is 0 Å². The topological polar surface area (TPSA) is 165 Å². The molecule has 0 radical (unpaired) electrons. The van der Waals surface area contributed by atoms with Crippen LogP contribution in [0.25, 0.3) is 44.1 Å². The van der Waals surface area contributed by atoms with Gasteiger partial charge in [-0.25, -0.2) is 21.6 Å². The van der Waals surface area contributed by atoms with Crippen molar-refractivity contribution in [1.82, 2.24) is 30.0 Å². The summed E-state index contributed by atoms with van der Waals surface area (Å²) in [4.78, 5) is 38.5. The summed E-state index contributed by atoms with van der Waals surface area (Å²) in [6, 6.07) is 28.7. The van der Waals surface area contributed by atoms with Crippen molar-refractivity contribution in [3.63, 3.8) is 0 Å². The molecule has 306 valence electrons. The SMILES string of the molecule is CN1CCN(C(=O)c2[nH]c3ccc(S(C)(=O)=O)cc3c2-c2ccccc2)CC1.CN1CCNCC1.COC(=O)c1[nH]c2ccc(S(C)(=O)=O)cc2c1-c1ccccc1. The monoisotopic (exact) mass is 826 g/mol. The van der Waals surface area contributed by atoms with Crippen molar-refractivity contribution in [2.75, 3.05) is 86.1 Å². The number of hydrogen-bond acceptors (Lipinski definition) is 10. The molecule has 2 aliphatic rings. The van der Waals surface area contributed by atoms with Crippen LogP contribution in [0.15, 0.2) is 107 Å². The number of esters is 1. The van der Waals surface area contributed by atoms with Crippen molar-refractivity contribution in [3.8, 4) is 22.3 Å². The Balaban J connectivity index is 0.000000170. The summed E-state index contributed by atoms with van der Waals surface area (Å²) in [5.41, 5.74) is 5.33. The lowest BCUT2D eigenvalue weighted by atomic mass is 10.0. The minimum Gasteiger partial charge on any atom is -0.464 e. The van der Waals surface area contributed by atoms with Gasteiger partial charge in [-0.05, 0) is 61.6 Å². The van der Waals surface area contributed by atoms with E-state index >= 15 is 0 Å². The summed E-state index contributed by atoms with van der Waals surface area (Å²) in [6.07, 6.45) is 2.35. The number of aromatic amines is 2. The molecule has 3 N–H and O–H groups in total. The van der Waals surface area contributed by atoms with Crippen LogP contribution in [0.4, 0.5) is 0 Å². The van der Waals surface area contributed by atoms with Crippen LogP contribution in [-0.4, -0.2) is 139 Å². The van der Waals surface area contributed by atoms with E-state index in [1.54, 1.807) is 30.3 Å². The highest BCUT2D eigenvalue weighted by Gasteiger charge is 2.27. The number of benzene rings is 4. The molecule has 13 nitrogen and oxygen atoms in total. The summed E-state index contributed by atoms with van der Waals surface area (Å²) in [7, 11) is -1.17. The van der Waals surface area contributed by atoms with Crippen LogP contribution < -0.4 is 5.32 Å². The summed E-state index contributed by atoms with van der Waals surface area (Å²) in [5, 5.41) is 4.68. The van der Waals surface area contributed by atoms with Gasteiger partial charge in [0.15, 0.2) is 19.7 Å². The van der Waals surface area contributed by atoms with Gasteiger partial charge in [0.1, 0.15) is 11.4 Å². The summed E-state index contributed by atoms with van der Waals surface area (Å²) in [5.74, 6) is -0.551. The molecular weight excluding hydrogens is 777 g/mol. The number of carbonyl (C=O) groups is 2. The number of hydrogen-bond donors (Lipinski definition) is 3. The standard InChI is InChI=1S/C21H23N3O3S.C17H15NO4S.C5H12N2/c1-23-10-12-24(13-11-23)21(25)20-19(15-6-4-3-5-7-15)17-14-16(28(2,26)27)8-9-18(17)22-20;1-22-17(19)16-15(11-6-4-3-5-7-11)13-10-12(23(2,20)21)8-9-14(13)18-16;1-7-4-2-6-3-5-7/h3-9,14,22H,10-13H2,1-2H3;3-10,18H,1-2H3;6H,2-5H2,1H3. The van der Waals surface area contributed by atoms with E-state index < -0.39 is 25.6 Å². The fourth-order valence-corrected chi connectivity index (χ4v) is 8.27. The number of amides is 1. The second kappa shape index (κ2) is 18.1. The predicted octanol–water partition coefficient (Wildman–Crippen LogP) is 5.17. The number of piperazine rings is 2. The highest BCUT2D eigenvalue weighted by Crippen LogP contribution is 2.36. The molecule has 4 heterocycles. The molecule has 0 saturated carbocycles. The van der Waals surface area contributed by atoms with Crippen LogP contribution in [0.5, 0.6) is 0 Å². The number of fused-ring (bicyclic) bond motifs is 2. The van der Waals surface area contributed by atoms with Crippen molar-refractivity contribution in [2.45, 2.75) is 9.79 Å². The van der Waals surface area contributed by atoms with Gasteiger partial charge in [-0.2, -0.15) is 0 Å². The van der Waals surface area contributed by atoms with Gasteiger partial charge in [0, 0.05) is 97.8 Å². The molecule has 0 atom stereocenters. The molecule has 2 saturated heterocycles. The normalized spacial score (nSPS) is 15.3. The Morgan fingerprint density at radius 1 is 0.586 bits per heavy atom. The van der Waals surface area contributed by atoms with Crippen molar-refractivity contribution in [2.24, 2.45) is 0 Å². The second-order valence-electron chi connectivity index (χ2n) is 14.6. The van der Waals surface area contributed by atoms with Crippen LogP contribution in [0.2, 0.25) is 0 Å². The molecule has 8 rings (SSSR count). The van der Waals surface area contributed by atoms with Gasteiger partial charge in [0.2, 0.25) is 0 Å². The first-order valence-electron chi connectivity index (χ1n) is 18.9. The first-order chi connectivity index (χ1) is 27.7. The lowest BCUT2D eigenvalue weighted by Crippen LogP contribution is -2.47. The summed E-state index contributed by atoms with van der Waals surface area (Å²) in [6.45, 7) is 7.77. The molecule has 6 aromatic rings. The molecule has 2 fully saturated rings. The summed E-state index contributed by atoms with van der Waals surface area (Å²) >= 11 is 0. The molecule has 58 heavy (non-hydrogen) atoms. The van der Waals surface area contributed by atoms with Crippen LogP contribution in [0.1, 0.15) is 21.0 Å². The van der Waals surface area contributed by atoms with Gasteiger partial charge >= 0.3 is 5.97 Å². The minimum absolute atomic E-state index is 0.0518. The molecule has 1 amide bonds. The Bertz CT molecular complexity index is 2610. The maximum atomic E-state index is 13.3. The van der Waals surface area contributed by atoms with Crippen molar-refractivity contribution < 1.29 is 31.2 Å². The van der Waals surface area contributed by atoms with E-state index in [2.05, 4.69) is 32.1 Å². The maximum Gasteiger partial charge on any atom is 0.355 e. The number of nitrogens with one attached hydrogen (secondary N) is 3. The highest BCUT2D eigenvalue weighted by molar-refractivity contribution is 7.91. The Labute approximate surface area is 339 Å². The van der Waals surface area contributed by atoms with Crippen molar-refractivity contribution in [1.29, 1.82) is 0 Å². The van der Waals surface area contributed by atoms with Crippen LogP contribution in [0, 0.1) is 0 Å².